The van der Waals surface area contributed by atoms with E-state index in [4.69, 9.17) is 11.6 Å². The molecule has 1 atom stereocenters. The van der Waals surface area contributed by atoms with Gasteiger partial charge in [-0.15, -0.1) is 0 Å². The van der Waals surface area contributed by atoms with Crippen LogP contribution < -0.4 is 0 Å². The molecule has 3 rings (SSSR count). The minimum absolute atomic E-state index is 0.0821. The molecule has 0 unspecified atom stereocenters. The highest BCUT2D eigenvalue weighted by atomic mass is 35.5. The van der Waals surface area contributed by atoms with Gasteiger partial charge in [-0.25, -0.2) is 8.42 Å². The van der Waals surface area contributed by atoms with Gasteiger partial charge in [-0.3, -0.25) is 0 Å². The van der Waals surface area contributed by atoms with Crippen molar-refractivity contribution in [3.63, 3.8) is 0 Å². The van der Waals surface area contributed by atoms with Crippen molar-refractivity contribution < 1.29 is 8.42 Å². The van der Waals surface area contributed by atoms with Crippen LogP contribution in [-0.2, 0) is 10.0 Å². The number of benzene rings is 2. The van der Waals surface area contributed by atoms with E-state index >= 15 is 0 Å². The van der Waals surface area contributed by atoms with Crippen molar-refractivity contribution in [2.75, 3.05) is 6.54 Å². The molecule has 1 heterocycles. The molecular formula is C17H18ClNO2S. The van der Waals surface area contributed by atoms with Gasteiger partial charge in [-0.2, -0.15) is 4.31 Å². The van der Waals surface area contributed by atoms with Gasteiger partial charge >= 0.3 is 0 Å². The Morgan fingerprint density at radius 3 is 2.32 bits per heavy atom. The van der Waals surface area contributed by atoms with Crippen LogP contribution in [0.15, 0.2) is 53.4 Å². The van der Waals surface area contributed by atoms with Crippen LogP contribution in [0.25, 0.3) is 0 Å². The van der Waals surface area contributed by atoms with Crippen molar-refractivity contribution in [3.05, 3.63) is 64.7 Å². The number of halogens is 1. The Morgan fingerprint density at radius 2 is 1.68 bits per heavy atom. The van der Waals surface area contributed by atoms with E-state index in [1.54, 1.807) is 28.6 Å². The average molecular weight is 336 g/mol. The van der Waals surface area contributed by atoms with E-state index in [0.29, 0.717) is 16.5 Å². The van der Waals surface area contributed by atoms with E-state index in [1.807, 2.05) is 31.2 Å². The highest BCUT2D eigenvalue weighted by molar-refractivity contribution is 7.89. The third-order valence-electron chi connectivity index (χ3n) is 4.09. The van der Waals surface area contributed by atoms with E-state index in [9.17, 15) is 8.42 Å². The maximum atomic E-state index is 12.9. The minimum atomic E-state index is -3.49. The Bertz CT molecular complexity index is 754. The first-order valence-electron chi connectivity index (χ1n) is 7.32. The molecule has 2 aromatic rings. The quantitative estimate of drug-likeness (QED) is 0.844. The Balaban J connectivity index is 1.95. The lowest BCUT2D eigenvalue weighted by atomic mass is 10.0. The second-order valence-corrected chi connectivity index (χ2v) is 7.97. The predicted molar refractivity (Wildman–Crippen MR) is 88.5 cm³/mol. The van der Waals surface area contributed by atoms with Gasteiger partial charge in [0, 0.05) is 11.6 Å². The summed E-state index contributed by atoms with van der Waals surface area (Å²) in [6, 6.07) is 14.4. The van der Waals surface area contributed by atoms with Crippen molar-refractivity contribution in [1.29, 1.82) is 0 Å². The van der Waals surface area contributed by atoms with Crippen molar-refractivity contribution in [2.45, 2.75) is 30.7 Å². The molecule has 5 heteroatoms. The van der Waals surface area contributed by atoms with Gasteiger partial charge in [0.1, 0.15) is 0 Å². The summed E-state index contributed by atoms with van der Waals surface area (Å²) in [4.78, 5) is 0.302. The number of hydrogen-bond acceptors (Lipinski definition) is 2. The van der Waals surface area contributed by atoms with Gasteiger partial charge in [0.2, 0.25) is 10.0 Å². The van der Waals surface area contributed by atoms with Crippen molar-refractivity contribution in [3.8, 4) is 0 Å². The Hall–Kier alpha value is -1.36. The zero-order valence-corrected chi connectivity index (χ0v) is 13.9. The normalized spacial score (nSPS) is 19.5. The second-order valence-electron chi connectivity index (χ2n) is 5.64. The van der Waals surface area contributed by atoms with Gasteiger partial charge < -0.3 is 0 Å². The molecule has 1 aliphatic heterocycles. The number of hydrogen-bond donors (Lipinski definition) is 0. The molecule has 0 amide bonds. The number of sulfonamides is 1. The number of aryl methyl sites for hydroxylation is 1. The molecule has 0 N–H and O–H groups in total. The molecule has 0 aliphatic carbocycles. The molecule has 1 saturated heterocycles. The molecule has 0 spiro atoms. The van der Waals surface area contributed by atoms with Crippen LogP contribution in [0.2, 0.25) is 5.02 Å². The fourth-order valence-electron chi connectivity index (χ4n) is 2.89. The largest absolute Gasteiger partial charge is 0.243 e. The van der Waals surface area contributed by atoms with E-state index < -0.39 is 10.0 Å². The second kappa shape index (κ2) is 6.03. The zero-order chi connectivity index (χ0) is 15.7. The lowest BCUT2D eigenvalue weighted by Gasteiger charge is -2.24. The molecular weight excluding hydrogens is 318 g/mol. The summed E-state index contributed by atoms with van der Waals surface area (Å²) in [7, 11) is -3.49. The molecule has 1 fully saturated rings. The maximum Gasteiger partial charge on any atom is 0.243 e. The molecule has 3 nitrogen and oxygen atoms in total. The molecule has 0 aromatic heterocycles. The lowest BCUT2D eigenvalue weighted by Crippen LogP contribution is -2.30. The highest BCUT2D eigenvalue weighted by Crippen LogP contribution is 2.36. The summed E-state index contributed by atoms with van der Waals surface area (Å²) in [6.45, 7) is 2.59. The predicted octanol–water partition coefficient (Wildman–Crippen LogP) is 4.17. The SMILES string of the molecule is Cc1ccc([C@H]2CCCN2S(=O)(=O)c2ccc(Cl)cc2)cc1. The van der Waals surface area contributed by atoms with Gasteiger partial charge in [0.25, 0.3) is 0 Å². The maximum absolute atomic E-state index is 12.9. The monoisotopic (exact) mass is 335 g/mol. The summed E-state index contributed by atoms with van der Waals surface area (Å²) >= 11 is 5.85. The summed E-state index contributed by atoms with van der Waals surface area (Å²) < 4.78 is 27.4. The Kier molecular flexibility index (Phi) is 4.26. The van der Waals surface area contributed by atoms with E-state index in [0.717, 1.165) is 18.4 Å². The summed E-state index contributed by atoms with van der Waals surface area (Å²) in [5, 5.41) is 0.537. The molecule has 22 heavy (non-hydrogen) atoms. The first-order chi connectivity index (χ1) is 10.5. The van der Waals surface area contributed by atoms with Crippen molar-refractivity contribution in [1.82, 2.24) is 4.31 Å². The summed E-state index contributed by atoms with van der Waals surface area (Å²) in [5.74, 6) is 0. The standard InChI is InChI=1S/C17H18ClNO2S/c1-13-4-6-14(7-5-13)17-3-2-12-19(17)22(20,21)16-10-8-15(18)9-11-16/h4-11,17H,2-3,12H2,1H3/t17-/m1/s1. The molecule has 0 bridgehead atoms. The van der Waals surface area contributed by atoms with Crippen molar-refractivity contribution in [2.24, 2.45) is 0 Å². The minimum Gasteiger partial charge on any atom is -0.207 e. The Morgan fingerprint density at radius 1 is 1.05 bits per heavy atom. The highest BCUT2D eigenvalue weighted by Gasteiger charge is 2.35. The van der Waals surface area contributed by atoms with E-state index in [-0.39, 0.29) is 6.04 Å². The average Bonchev–Trinajstić information content (AvgIpc) is 2.99. The third-order valence-corrected chi connectivity index (χ3v) is 6.26. The number of nitrogens with zero attached hydrogens (tertiary/aromatic N) is 1. The molecule has 0 radical (unpaired) electrons. The van der Waals surface area contributed by atoms with Gasteiger partial charge in [0.15, 0.2) is 0 Å². The fourth-order valence-corrected chi connectivity index (χ4v) is 4.70. The van der Waals surface area contributed by atoms with Gasteiger partial charge in [-0.1, -0.05) is 41.4 Å². The molecule has 116 valence electrons. The van der Waals surface area contributed by atoms with Crippen LogP contribution in [0.1, 0.15) is 30.0 Å². The van der Waals surface area contributed by atoms with Crippen LogP contribution in [0.5, 0.6) is 0 Å². The zero-order valence-electron chi connectivity index (χ0n) is 12.4. The molecule has 1 aliphatic rings. The van der Waals surface area contributed by atoms with E-state index in [1.165, 1.54) is 5.56 Å². The molecule has 2 aromatic carbocycles. The summed E-state index contributed by atoms with van der Waals surface area (Å²) in [5.41, 5.74) is 2.23. The van der Waals surface area contributed by atoms with Gasteiger partial charge in [-0.05, 0) is 49.6 Å². The smallest absolute Gasteiger partial charge is 0.207 e. The van der Waals surface area contributed by atoms with E-state index in [2.05, 4.69) is 0 Å². The summed E-state index contributed by atoms with van der Waals surface area (Å²) in [6.07, 6.45) is 1.74. The topological polar surface area (TPSA) is 37.4 Å². The first kappa shape index (κ1) is 15.5. The number of rotatable bonds is 3. The first-order valence-corrected chi connectivity index (χ1v) is 9.14. The van der Waals surface area contributed by atoms with Crippen molar-refractivity contribution >= 4 is 21.6 Å². The van der Waals surface area contributed by atoms with Crippen LogP contribution in [0, 0.1) is 6.92 Å². The molecule has 0 saturated carbocycles. The lowest BCUT2D eigenvalue weighted by molar-refractivity contribution is 0.396. The Labute approximate surface area is 136 Å². The van der Waals surface area contributed by atoms with Gasteiger partial charge in [0.05, 0.1) is 10.9 Å². The van der Waals surface area contributed by atoms with Crippen LogP contribution >= 0.6 is 11.6 Å². The van der Waals surface area contributed by atoms with Crippen LogP contribution in [-0.4, -0.2) is 19.3 Å². The fraction of sp³-hybridized carbons (Fsp3) is 0.294. The van der Waals surface area contributed by atoms with Crippen LogP contribution in [0.4, 0.5) is 0 Å². The van der Waals surface area contributed by atoms with Crippen LogP contribution in [0.3, 0.4) is 0 Å². The third kappa shape index (κ3) is 2.91.